The molecule has 0 spiro atoms. The van der Waals surface area contributed by atoms with E-state index in [0.29, 0.717) is 20.6 Å². The number of thiazole rings is 1. The molecule has 2 heterocycles. The van der Waals surface area contributed by atoms with Crippen LogP contribution in [0.4, 0.5) is 0 Å². The highest BCUT2D eigenvalue weighted by Crippen LogP contribution is 2.30. The van der Waals surface area contributed by atoms with Crippen LogP contribution < -0.4 is 14.9 Å². The molecule has 0 amide bonds. The van der Waals surface area contributed by atoms with Gasteiger partial charge in [-0.2, -0.15) is 0 Å². The van der Waals surface area contributed by atoms with Crippen molar-refractivity contribution in [2.24, 2.45) is 4.99 Å². The fourth-order valence-corrected chi connectivity index (χ4v) is 4.72. The molecule has 158 valence electrons. The molecule has 1 aliphatic heterocycles. The lowest BCUT2D eigenvalue weighted by Gasteiger charge is -2.24. The van der Waals surface area contributed by atoms with Crippen molar-refractivity contribution >= 4 is 23.4 Å². The molecule has 0 aliphatic carbocycles. The summed E-state index contributed by atoms with van der Waals surface area (Å²) in [6, 6.07) is 15.3. The number of carbonyl (C=O) groups is 1. The summed E-state index contributed by atoms with van der Waals surface area (Å²) in [4.78, 5) is 31.5. The Morgan fingerprint density at radius 2 is 1.68 bits per heavy atom. The first-order chi connectivity index (χ1) is 14.9. The van der Waals surface area contributed by atoms with E-state index in [1.54, 1.807) is 18.4 Å². The Bertz CT molecular complexity index is 1340. The van der Waals surface area contributed by atoms with Crippen molar-refractivity contribution in [1.29, 1.82) is 0 Å². The molecule has 0 saturated heterocycles. The van der Waals surface area contributed by atoms with E-state index in [-0.39, 0.29) is 12.2 Å². The van der Waals surface area contributed by atoms with E-state index in [1.165, 1.54) is 11.3 Å². The SMILES string of the molecule is CCOC(=O)C1=C(C)N=c2s/c(=C\c3ccc(C)cc3)c(=O)n2[C@H]1c1ccc(C)cc1. The maximum atomic E-state index is 13.5. The third-order valence-electron chi connectivity index (χ3n) is 5.29. The summed E-state index contributed by atoms with van der Waals surface area (Å²) in [7, 11) is 0. The van der Waals surface area contributed by atoms with E-state index in [4.69, 9.17) is 4.74 Å². The fraction of sp³-hybridized carbons (Fsp3) is 0.240. The first kappa shape index (κ1) is 21.0. The average molecular weight is 433 g/mol. The molecule has 0 saturated carbocycles. The number of aryl methyl sites for hydroxylation is 2. The number of hydrogen-bond acceptors (Lipinski definition) is 5. The van der Waals surface area contributed by atoms with E-state index in [2.05, 4.69) is 4.99 Å². The first-order valence-electron chi connectivity index (χ1n) is 10.2. The van der Waals surface area contributed by atoms with Crippen molar-refractivity contribution < 1.29 is 9.53 Å². The van der Waals surface area contributed by atoms with Crippen molar-refractivity contribution in [3.63, 3.8) is 0 Å². The van der Waals surface area contributed by atoms with E-state index >= 15 is 0 Å². The molecule has 3 aromatic rings. The lowest BCUT2D eigenvalue weighted by Crippen LogP contribution is -2.39. The molecular formula is C25H24N2O3S. The summed E-state index contributed by atoms with van der Waals surface area (Å²) >= 11 is 1.34. The summed E-state index contributed by atoms with van der Waals surface area (Å²) in [6.07, 6.45) is 1.87. The van der Waals surface area contributed by atoms with E-state index < -0.39 is 12.0 Å². The van der Waals surface area contributed by atoms with Crippen molar-refractivity contribution in [1.82, 2.24) is 4.57 Å². The minimum absolute atomic E-state index is 0.163. The molecule has 1 aromatic heterocycles. The standard InChI is InChI=1S/C25H24N2O3S/c1-5-30-24(29)21-17(4)26-25-27(22(21)19-12-8-16(3)9-13-19)23(28)20(31-25)14-18-10-6-15(2)7-11-18/h6-14,22H,5H2,1-4H3/b20-14-/t22-/m0/s1. The molecule has 1 atom stereocenters. The van der Waals surface area contributed by atoms with Crippen molar-refractivity contribution in [3.8, 4) is 0 Å². The summed E-state index contributed by atoms with van der Waals surface area (Å²) in [5.41, 5.74) is 4.88. The van der Waals surface area contributed by atoms with Gasteiger partial charge in [-0.3, -0.25) is 9.36 Å². The highest BCUT2D eigenvalue weighted by Gasteiger charge is 2.33. The van der Waals surface area contributed by atoms with Crippen molar-refractivity contribution in [2.45, 2.75) is 33.7 Å². The van der Waals surface area contributed by atoms with Crippen LogP contribution in [-0.2, 0) is 9.53 Å². The number of nitrogens with zero attached hydrogens (tertiary/aromatic N) is 2. The maximum Gasteiger partial charge on any atom is 0.338 e. The third-order valence-corrected chi connectivity index (χ3v) is 6.27. The van der Waals surface area contributed by atoms with Crippen LogP contribution in [0.25, 0.3) is 6.08 Å². The van der Waals surface area contributed by atoms with E-state index in [9.17, 15) is 9.59 Å². The number of ether oxygens (including phenoxy) is 1. The molecule has 0 unspecified atom stereocenters. The summed E-state index contributed by atoms with van der Waals surface area (Å²) in [6.45, 7) is 7.85. The van der Waals surface area contributed by atoms with Gasteiger partial charge in [0.15, 0.2) is 4.80 Å². The number of fused-ring (bicyclic) bond motifs is 1. The molecule has 0 bridgehead atoms. The van der Waals surface area contributed by atoms with Crippen LogP contribution in [0.5, 0.6) is 0 Å². The van der Waals surface area contributed by atoms with Crippen LogP contribution in [-0.4, -0.2) is 17.1 Å². The highest BCUT2D eigenvalue weighted by atomic mass is 32.1. The number of rotatable bonds is 4. The van der Waals surface area contributed by atoms with Crippen LogP contribution in [0.3, 0.4) is 0 Å². The monoisotopic (exact) mass is 432 g/mol. The average Bonchev–Trinajstić information content (AvgIpc) is 3.04. The summed E-state index contributed by atoms with van der Waals surface area (Å²) < 4.78 is 7.52. The fourth-order valence-electron chi connectivity index (χ4n) is 3.67. The molecule has 6 heteroatoms. The molecule has 31 heavy (non-hydrogen) atoms. The maximum absolute atomic E-state index is 13.5. The predicted molar refractivity (Wildman–Crippen MR) is 123 cm³/mol. The smallest absolute Gasteiger partial charge is 0.338 e. The van der Waals surface area contributed by atoms with Crippen molar-refractivity contribution in [3.05, 3.63) is 102 Å². The number of carbonyl (C=O) groups excluding carboxylic acids is 1. The van der Waals surface area contributed by atoms with Crippen LogP contribution in [0.15, 0.2) is 69.6 Å². The molecule has 5 nitrogen and oxygen atoms in total. The highest BCUT2D eigenvalue weighted by molar-refractivity contribution is 7.07. The Hall–Kier alpha value is -3.25. The Balaban J connectivity index is 1.94. The van der Waals surface area contributed by atoms with Crippen LogP contribution in [0.2, 0.25) is 0 Å². The van der Waals surface area contributed by atoms with Gasteiger partial charge in [0.25, 0.3) is 5.56 Å². The van der Waals surface area contributed by atoms with Gasteiger partial charge in [0.1, 0.15) is 0 Å². The van der Waals surface area contributed by atoms with Crippen LogP contribution in [0, 0.1) is 13.8 Å². The molecule has 1 aliphatic rings. The van der Waals surface area contributed by atoms with Gasteiger partial charge in [-0.05, 0) is 44.9 Å². The molecule has 0 N–H and O–H groups in total. The molecular weight excluding hydrogens is 408 g/mol. The normalized spacial score (nSPS) is 16.1. The number of aromatic nitrogens is 1. The Labute approximate surface area is 184 Å². The molecule has 0 fully saturated rings. The topological polar surface area (TPSA) is 60.7 Å². The second kappa shape index (κ2) is 8.47. The largest absolute Gasteiger partial charge is 0.463 e. The third kappa shape index (κ3) is 4.03. The second-order valence-corrected chi connectivity index (χ2v) is 8.63. The number of allylic oxidation sites excluding steroid dienone is 1. The van der Waals surface area contributed by atoms with Gasteiger partial charge in [-0.15, -0.1) is 0 Å². The summed E-state index contributed by atoms with van der Waals surface area (Å²) in [5.74, 6) is -0.442. The Morgan fingerprint density at radius 1 is 1.06 bits per heavy atom. The quantitative estimate of drug-likeness (QED) is 0.594. The zero-order valence-electron chi connectivity index (χ0n) is 18.0. The van der Waals surface area contributed by atoms with Gasteiger partial charge in [-0.25, -0.2) is 9.79 Å². The minimum Gasteiger partial charge on any atom is -0.463 e. The lowest BCUT2D eigenvalue weighted by atomic mass is 9.95. The Kier molecular flexibility index (Phi) is 5.74. The second-order valence-electron chi connectivity index (χ2n) is 7.62. The van der Waals surface area contributed by atoms with Gasteiger partial charge < -0.3 is 4.74 Å². The summed E-state index contributed by atoms with van der Waals surface area (Å²) in [5, 5.41) is 0. The number of benzene rings is 2. The van der Waals surface area contributed by atoms with Gasteiger partial charge >= 0.3 is 5.97 Å². The number of esters is 1. The van der Waals surface area contributed by atoms with Crippen LogP contribution >= 0.6 is 11.3 Å². The molecule has 0 radical (unpaired) electrons. The van der Waals surface area contributed by atoms with Crippen LogP contribution in [0.1, 0.15) is 42.1 Å². The number of hydrogen-bond donors (Lipinski definition) is 0. The lowest BCUT2D eigenvalue weighted by molar-refractivity contribution is -0.139. The van der Waals surface area contributed by atoms with E-state index in [1.807, 2.05) is 68.5 Å². The zero-order valence-corrected chi connectivity index (χ0v) is 18.8. The first-order valence-corrected chi connectivity index (χ1v) is 11.0. The Morgan fingerprint density at radius 3 is 2.29 bits per heavy atom. The van der Waals surface area contributed by atoms with Crippen molar-refractivity contribution in [2.75, 3.05) is 6.61 Å². The molecule has 4 rings (SSSR count). The van der Waals surface area contributed by atoms with Gasteiger partial charge in [0.05, 0.1) is 28.5 Å². The van der Waals surface area contributed by atoms with E-state index in [0.717, 1.165) is 22.3 Å². The van der Waals surface area contributed by atoms with Gasteiger partial charge in [0.2, 0.25) is 0 Å². The minimum atomic E-state index is -0.573. The predicted octanol–water partition coefficient (Wildman–Crippen LogP) is 3.42. The van der Waals surface area contributed by atoms with Gasteiger partial charge in [0, 0.05) is 0 Å². The zero-order chi connectivity index (χ0) is 22.1. The van der Waals surface area contributed by atoms with Gasteiger partial charge in [-0.1, -0.05) is 71.0 Å². The molecule has 2 aromatic carbocycles.